The molecule has 0 spiro atoms. The summed E-state index contributed by atoms with van der Waals surface area (Å²) in [4.78, 5) is 23.6. The third-order valence-electron chi connectivity index (χ3n) is 3.28. The van der Waals surface area contributed by atoms with Crippen LogP contribution in [0.2, 0.25) is 0 Å². The van der Waals surface area contributed by atoms with Crippen LogP contribution in [-0.2, 0) is 19.6 Å². The predicted octanol–water partition coefficient (Wildman–Crippen LogP) is 1.61. The fraction of sp³-hybridized carbons (Fsp3) is 0.412. The van der Waals surface area contributed by atoms with Crippen molar-refractivity contribution in [2.45, 2.75) is 37.6 Å². The molecule has 0 aromatic heterocycles. The SMILES string of the molecule is C=CCNS(=O)(=O)c1ccc(C(=O)OCC(=O)N[C@@H](C)CCC)cc1. The van der Waals surface area contributed by atoms with Gasteiger partial charge < -0.3 is 10.1 Å². The highest BCUT2D eigenvalue weighted by Crippen LogP contribution is 2.11. The molecule has 1 amide bonds. The number of hydrogen-bond acceptors (Lipinski definition) is 5. The maximum absolute atomic E-state index is 11.9. The monoisotopic (exact) mass is 368 g/mol. The van der Waals surface area contributed by atoms with Crippen LogP contribution >= 0.6 is 0 Å². The number of hydrogen-bond donors (Lipinski definition) is 2. The summed E-state index contributed by atoms with van der Waals surface area (Å²) in [6.45, 7) is 7.06. The first-order valence-electron chi connectivity index (χ1n) is 7.97. The smallest absolute Gasteiger partial charge is 0.338 e. The maximum Gasteiger partial charge on any atom is 0.338 e. The molecule has 1 aromatic rings. The molecule has 0 saturated carbocycles. The van der Waals surface area contributed by atoms with Crippen LogP contribution in [0.3, 0.4) is 0 Å². The number of sulfonamides is 1. The Morgan fingerprint density at radius 3 is 2.48 bits per heavy atom. The number of nitrogens with one attached hydrogen (secondary N) is 2. The summed E-state index contributed by atoms with van der Waals surface area (Å²) in [5.41, 5.74) is 0.164. The van der Waals surface area contributed by atoms with Crippen LogP contribution in [-0.4, -0.2) is 39.5 Å². The first kappa shape index (κ1) is 20.9. The Bertz CT molecular complexity index is 698. The molecule has 0 heterocycles. The highest BCUT2D eigenvalue weighted by molar-refractivity contribution is 7.89. The second-order valence-electron chi connectivity index (χ2n) is 5.50. The van der Waals surface area contributed by atoms with Gasteiger partial charge in [-0.2, -0.15) is 0 Å². The Labute approximate surface area is 148 Å². The van der Waals surface area contributed by atoms with Gasteiger partial charge >= 0.3 is 5.97 Å². The lowest BCUT2D eigenvalue weighted by Crippen LogP contribution is -2.35. The van der Waals surface area contributed by atoms with Crippen molar-refractivity contribution < 1.29 is 22.7 Å². The van der Waals surface area contributed by atoms with E-state index in [-0.39, 0.29) is 35.6 Å². The number of amides is 1. The summed E-state index contributed by atoms with van der Waals surface area (Å²) in [6, 6.07) is 5.28. The van der Waals surface area contributed by atoms with E-state index < -0.39 is 16.0 Å². The van der Waals surface area contributed by atoms with E-state index in [1.54, 1.807) is 0 Å². The summed E-state index contributed by atoms with van der Waals surface area (Å²) < 4.78 is 31.1. The lowest BCUT2D eigenvalue weighted by Gasteiger charge is -2.12. The van der Waals surface area contributed by atoms with Gasteiger partial charge in [-0.3, -0.25) is 4.79 Å². The van der Waals surface area contributed by atoms with Crippen molar-refractivity contribution in [3.05, 3.63) is 42.5 Å². The van der Waals surface area contributed by atoms with Gasteiger partial charge in [-0.1, -0.05) is 19.4 Å². The standard InChI is InChI=1S/C17H24N2O5S/c1-4-6-13(3)19-16(20)12-24-17(21)14-7-9-15(10-8-14)25(22,23)18-11-5-2/h5,7-10,13,18H,2,4,6,11-12H2,1,3H3,(H,19,20)/t13-/m0/s1. The third kappa shape index (κ3) is 7.06. The predicted molar refractivity (Wildman–Crippen MR) is 94.6 cm³/mol. The number of rotatable bonds is 10. The van der Waals surface area contributed by atoms with Crippen molar-refractivity contribution in [2.75, 3.05) is 13.2 Å². The largest absolute Gasteiger partial charge is 0.452 e. The lowest BCUT2D eigenvalue weighted by molar-refractivity contribution is -0.124. The second kappa shape index (κ2) is 9.95. The van der Waals surface area contributed by atoms with Crippen LogP contribution in [0, 0.1) is 0 Å². The van der Waals surface area contributed by atoms with Gasteiger partial charge in [0.2, 0.25) is 10.0 Å². The zero-order chi connectivity index (χ0) is 18.9. The molecule has 0 radical (unpaired) electrons. The van der Waals surface area contributed by atoms with E-state index >= 15 is 0 Å². The molecule has 0 saturated heterocycles. The van der Waals surface area contributed by atoms with Crippen LogP contribution in [0.5, 0.6) is 0 Å². The van der Waals surface area contributed by atoms with Gasteiger partial charge in [0.1, 0.15) is 0 Å². The van der Waals surface area contributed by atoms with E-state index in [2.05, 4.69) is 16.6 Å². The van der Waals surface area contributed by atoms with Gasteiger partial charge in [0.05, 0.1) is 10.5 Å². The fourth-order valence-corrected chi connectivity index (χ4v) is 3.06. The van der Waals surface area contributed by atoms with Gasteiger partial charge in [0.25, 0.3) is 5.91 Å². The number of benzene rings is 1. The molecule has 0 aliphatic carbocycles. The summed E-state index contributed by atoms with van der Waals surface area (Å²) >= 11 is 0. The van der Waals surface area contributed by atoms with Gasteiger partial charge in [-0.15, -0.1) is 6.58 Å². The van der Waals surface area contributed by atoms with E-state index in [0.717, 1.165) is 12.8 Å². The molecule has 138 valence electrons. The van der Waals surface area contributed by atoms with Gasteiger partial charge in [0.15, 0.2) is 6.61 Å². The number of carbonyl (C=O) groups is 2. The molecule has 8 heteroatoms. The molecule has 1 atom stereocenters. The molecule has 1 aromatic carbocycles. The molecular formula is C17H24N2O5S. The van der Waals surface area contributed by atoms with Crippen molar-refractivity contribution >= 4 is 21.9 Å². The Balaban J connectivity index is 2.60. The number of carbonyl (C=O) groups excluding carboxylic acids is 2. The zero-order valence-corrected chi connectivity index (χ0v) is 15.3. The quantitative estimate of drug-likeness (QED) is 0.483. The molecule has 1 rings (SSSR count). The minimum absolute atomic E-state index is 0.0174. The molecule has 2 N–H and O–H groups in total. The molecular weight excluding hydrogens is 344 g/mol. The Morgan fingerprint density at radius 2 is 1.92 bits per heavy atom. The van der Waals surface area contributed by atoms with E-state index in [4.69, 9.17) is 4.74 Å². The Morgan fingerprint density at radius 1 is 1.28 bits per heavy atom. The van der Waals surface area contributed by atoms with Crippen molar-refractivity contribution in [3.8, 4) is 0 Å². The molecule has 0 bridgehead atoms. The van der Waals surface area contributed by atoms with Crippen LogP contribution in [0.4, 0.5) is 0 Å². The van der Waals surface area contributed by atoms with E-state index in [1.165, 1.54) is 30.3 Å². The molecule has 0 fully saturated rings. The highest BCUT2D eigenvalue weighted by atomic mass is 32.2. The average molecular weight is 368 g/mol. The minimum atomic E-state index is -3.65. The second-order valence-corrected chi connectivity index (χ2v) is 7.27. The maximum atomic E-state index is 11.9. The van der Waals surface area contributed by atoms with Crippen molar-refractivity contribution in [1.29, 1.82) is 0 Å². The highest BCUT2D eigenvalue weighted by Gasteiger charge is 2.15. The van der Waals surface area contributed by atoms with Gasteiger partial charge in [0, 0.05) is 12.6 Å². The summed E-state index contributed by atoms with van der Waals surface area (Å²) in [5.74, 6) is -1.07. The lowest BCUT2D eigenvalue weighted by atomic mass is 10.2. The number of ether oxygens (including phenoxy) is 1. The fourth-order valence-electron chi connectivity index (χ4n) is 2.06. The minimum Gasteiger partial charge on any atom is -0.452 e. The van der Waals surface area contributed by atoms with Crippen LogP contribution < -0.4 is 10.0 Å². The molecule has 25 heavy (non-hydrogen) atoms. The summed E-state index contributed by atoms with van der Waals surface area (Å²) in [7, 11) is -3.65. The van der Waals surface area contributed by atoms with Crippen LogP contribution in [0.25, 0.3) is 0 Å². The molecule has 0 unspecified atom stereocenters. The summed E-state index contributed by atoms with van der Waals surface area (Å²) in [6.07, 6.45) is 3.21. The van der Waals surface area contributed by atoms with Crippen molar-refractivity contribution in [2.24, 2.45) is 0 Å². The normalized spacial score (nSPS) is 12.2. The molecule has 0 aliphatic rings. The topological polar surface area (TPSA) is 102 Å². The number of esters is 1. The van der Waals surface area contributed by atoms with Crippen LogP contribution in [0.1, 0.15) is 37.0 Å². The molecule has 0 aliphatic heterocycles. The van der Waals surface area contributed by atoms with E-state index in [0.29, 0.717) is 0 Å². The zero-order valence-electron chi connectivity index (χ0n) is 14.4. The van der Waals surface area contributed by atoms with E-state index in [9.17, 15) is 18.0 Å². The van der Waals surface area contributed by atoms with Crippen molar-refractivity contribution in [3.63, 3.8) is 0 Å². The van der Waals surface area contributed by atoms with E-state index in [1.807, 2.05) is 13.8 Å². The molecule has 7 nitrogen and oxygen atoms in total. The van der Waals surface area contributed by atoms with Crippen molar-refractivity contribution in [1.82, 2.24) is 10.0 Å². The Hall–Kier alpha value is -2.19. The van der Waals surface area contributed by atoms with Gasteiger partial charge in [-0.25, -0.2) is 17.9 Å². The average Bonchev–Trinajstić information content (AvgIpc) is 2.58. The first-order valence-corrected chi connectivity index (χ1v) is 9.45. The van der Waals surface area contributed by atoms with Crippen LogP contribution in [0.15, 0.2) is 41.8 Å². The van der Waals surface area contributed by atoms with Gasteiger partial charge in [-0.05, 0) is 37.6 Å². The Kier molecular flexibility index (Phi) is 8.30. The summed E-state index contributed by atoms with van der Waals surface area (Å²) in [5, 5.41) is 2.72. The first-order chi connectivity index (χ1) is 11.8. The third-order valence-corrected chi connectivity index (χ3v) is 4.72.